The number of aromatic nitrogens is 2. The largest absolute Gasteiger partial charge is 0.454 e. The minimum atomic E-state index is -0.341. The van der Waals surface area contributed by atoms with Gasteiger partial charge in [-0.1, -0.05) is 11.6 Å². The number of aryl methyl sites for hydroxylation is 1. The first-order chi connectivity index (χ1) is 11.1. The van der Waals surface area contributed by atoms with Crippen LogP contribution >= 0.6 is 11.6 Å². The van der Waals surface area contributed by atoms with Crippen LogP contribution < -0.4 is 14.8 Å². The van der Waals surface area contributed by atoms with E-state index in [0.29, 0.717) is 33.6 Å². The lowest BCUT2D eigenvalue weighted by Crippen LogP contribution is -2.12. The smallest absolute Gasteiger partial charge is 0.275 e. The second kappa shape index (κ2) is 5.17. The minimum Gasteiger partial charge on any atom is -0.454 e. The number of fused-ring (bicyclic) bond motifs is 2. The third-order valence-corrected chi connectivity index (χ3v) is 3.87. The number of anilines is 1. The molecule has 4 rings (SSSR count). The van der Waals surface area contributed by atoms with Crippen molar-refractivity contribution in [3.63, 3.8) is 0 Å². The summed E-state index contributed by atoms with van der Waals surface area (Å²) < 4.78 is 12.3. The number of hydrogen-bond acceptors (Lipinski definition) is 4. The summed E-state index contributed by atoms with van der Waals surface area (Å²) in [6.45, 7) is 2.12. The number of carbonyl (C=O) groups is 1. The van der Waals surface area contributed by atoms with E-state index in [0.717, 1.165) is 5.56 Å². The van der Waals surface area contributed by atoms with E-state index in [1.54, 1.807) is 22.7 Å². The van der Waals surface area contributed by atoms with Gasteiger partial charge in [0.2, 0.25) is 6.79 Å². The number of halogens is 1. The first-order valence-corrected chi connectivity index (χ1v) is 7.34. The third-order valence-electron chi connectivity index (χ3n) is 3.56. The molecule has 3 heterocycles. The van der Waals surface area contributed by atoms with Gasteiger partial charge in [0.15, 0.2) is 11.5 Å². The zero-order chi connectivity index (χ0) is 16.0. The standard InChI is InChI=1S/C16H12ClN3O3/c1-9-2-3-20-7-12(18-15(20)4-9)16(21)19-11-6-14-13(5-10(11)17)22-8-23-14/h2-7H,8H2,1H3,(H,19,21). The fourth-order valence-corrected chi connectivity index (χ4v) is 2.59. The SMILES string of the molecule is Cc1ccn2cc(C(=O)Nc3cc4c(cc3Cl)OCO4)nc2c1. The van der Waals surface area contributed by atoms with Crippen molar-refractivity contribution < 1.29 is 14.3 Å². The summed E-state index contributed by atoms with van der Waals surface area (Å²) in [6.07, 6.45) is 3.53. The molecule has 0 radical (unpaired) electrons. The Morgan fingerprint density at radius 2 is 2.09 bits per heavy atom. The van der Waals surface area contributed by atoms with Gasteiger partial charge in [0, 0.05) is 24.5 Å². The fourth-order valence-electron chi connectivity index (χ4n) is 2.39. The zero-order valence-electron chi connectivity index (χ0n) is 12.2. The molecule has 1 aromatic carbocycles. The molecule has 0 saturated heterocycles. The molecule has 7 heteroatoms. The van der Waals surface area contributed by atoms with E-state index >= 15 is 0 Å². The highest BCUT2D eigenvalue weighted by Gasteiger charge is 2.19. The molecule has 1 aliphatic heterocycles. The van der Waals surface area contributed by atoms with E-state index in [9.17, 15) is 4.79 Å². The fraction of sp³-hybridized carbons (Fsp3) is 0.125. The van der Waals surface area contributed by atoms with Crippen molar-refractivity contribution in [3.05, 3.63) is 52.9 Å². The number of pyridine rings is 1. The number of nitrogens with one attached hydrogen (secondary N) is 1. The van der Waals surface area contributed by atoms with Crippen LogP contribution in [0.5, 0.6) is 11.5 Å². The lowest BCUT2D eigenvalue weighted by Gasteiger charge is -2.07. The van der Waals surface area contributed by atoms with Gasteiger partial charge in [-0.2, -0.15) is 0 Å². The lowest BCUT2D eigenvalue weighted by atomic mass is 10.2. The Morgan fingerprint density at radius 3 is 2.91 bits per heavy atom. The highest BCUT2D eigenvalue weighted by molar-refractivity contribution is 6.34. The molecule has 0 aliphatic carbocycles. The maximum absolute atomic E-state index is 12.4. The van der Waals surface area contributed by atoms with Gasteiger partial charge < -0.3 is 19.2 Å². The number of imidazole rings is 1. The van der Waals surface area contributed by atoms with Gasteiger partial charge >= 0.3 is 0 Å². The van der Waals surface area contributed by atoms with E-state index in [1.165, 1.54) is 0 Å². The molecular formula is C16H12ClN3O3. The monoisotopic (exact) mass is 329 g/mol. The summed E-state index contributed by atoms with van der Waals surface area (Å²) in [6, 6.07) is 7.12. The van der Waals surface area contributed by atoms with Gasteiger partial charge in [0.05, 0.1) is 10.7 Å². The van der Waals surface area contributed by atoms with Crippen molar-refractivity contribution in [2.24, 2.45) is 0 Å². The van der Waals surface area contributed by atoms with Gasteiger partial charge in [-0.3, -0.25) is 4.79 Å². The van der Waals surface area contributed by atoms with Crippen molar-refractivity contribution >= 4 is 28.8 Å². The topological polar surface area (TPSA) is 64.9 Å². The Kier molecular flexibility index (Phi) is 3.12. The predicted molar refractivity (Wildman–Crippen MR) is 85.5 cm³/mol. The van der Waals surface area contributed by atoms with Crippen molar-refractivity contribution in [3.8, 4) is 11.5 Å². The number of rotatable bonds is 2. The molecule has 23 heavy (non-hydrogen) atoms. The van der Waals surface area contributed by atoms with Crippen LogP contribution in [0.4, 0.5) is 5.69 Å². The molecule has 0 fully saturated rings. The first-order valence-electron chi connectivity index (χ1n) is 6.96. The van der Waals surface area contributed by atoms with E-state index in [-0.39, 0.29) is 12.7 Å². The van der Waals surface area contributed by atoms with Crippen molar-refractivity contribution in [2.75, 3.05) is 12.1 Å². The Hall–Kier alpha value is -2.73. The van der Waals surface area contributed by atoms with Gasteiger partial charge in [0.25, 0.3) is 5.91 Å². The number of hydrogen-bond donors (Lipinski definition) is 1. The highest BCUT2D eigenvalue weighted by Crippen LogP contribution is 2.39. The maximum atomic E-state index is 12.4. The first kappa shape index (κ1) is 13.9. The lowest BCUT2D eigenvalue weighted by molar-refractivity contribution is 0.102. The highest BCUT2D eigenvalue weighted by atomic mass is 35.5. The quantitative estimate of drug-likeness (QED) is 0.783. The molecule has 2 aromatic heterocycles. The normalized spacial score (nSPS) is 12.6. The minimum absolute atomic E-state index is 0.148. The van der Waals surface area contributed by atoms with Crippen LogP contribution in [0.15, 0.2) is 36.7 Å². The predicted octanol–water partition coefficient (Wildman–Crippen LogP) is 3.28. The molecule has 0 atom stereocenters. The molecule has 1 aliphatic rings. The number of nitrogens with zero attached hydrogens (tertiary/aromatic N) is 2. The van der Waals surface area contributed by atoms with E-state index < -0.39 is 0 Å². The van der Waals surface area contributed by atoms with Crippen molar-refractivity contribution in [1.82, 2.24) is 9.38 Å². The molecule has 6 nitrogen and oxygen atoms in total. The van der Waals surface area contributed by atoms with E-state index in [2.05, 4.69) is 10.3 Å². The van der Waals surface area contributed by atoms with Crippen LogP contribution in [0.25, 0.3) is 5.65 Å². The average molecular weight is 330 g/mol. The van der Waals surface area contributed by atoms with Gasteiger partial charge in [0.1, 0.15) is 11.3 Å². The van der Waals surface area contributed by atoms with Crippen LogP contribution in [-0.2, 0) is 0 Å². The van der Waals surface area contributed by atoms with Crippen molar-refractivity contribution in [2.45, 2.75) is 6.92 Å². The number of amides is 1. The summed E-state index contributed by atoms with van der Waals surface area (Å²) in [5, 5.41) is 3.13. The maximum Gasteiger partial charge on any atom is 0.275 e. The number of ether oxygens (including phenoxy) is 2. The summed E-state index contributed by atoms with van der Waals surface area (Å²) in [7, 11) is 0. The Balaban J connectivity index is 1.64. The molecule has 1 N–H and O–H groups in total. The van der Waals surface area contributed by atoms with Gasteiger partial charge in [-0.25, -0.2) is 4.98 Å². The summed E-state index contributed by atoms with van der Waals surface area (Å²) >= 11 is 6.16. The van der Waals surface area contributed by atoms with Crippen LogP contribution in [0.2, 0.25) is 5.02 Å². The number of carbonyl (C=O) groups excluding carboxylic acids is 1. The molecule has 3 aromatic rings. The Bertz CT molecular complexity index is 936. The summed E-state index contributed by atoms with van der Waals surface area (Å²) in [5.74, 6) is 0.777. The van der Waals surface area contributed by atoms with Gasteiger partial charge in [-0.05, 0) is 24.6 Å². The average Bonchev–Trinajstić information content (AvgIpc) is 3.13. The Labute approximate surface area is 136 Å². The van der Waals surface area contributed by atoms with Crippen LogP contribution in [0, 0.1) is 6.92 Å². The van der Waals surface area contributed by atoms with E-state index in [4.69, 9.17) is 21.1 Å². The van der Waals surface area contributed by atoms with E-state index in [1.807, 2.05) is 25.3 Å². The van der Waals surface area contributed by atoms with Crippen LogP contribution in [0.1, 0.15) is 16.1 Å². The molecular weight excluding hydrogens is 318 g/mol. The van der Waals surface area contributed by atoms with Crippen LogP contribution in [-0.4, -0.2) is 22.1 Å². The summed E-state index contributed by atoms with van der Waals surface area (Å²) in [5.41, 5.74) is 2.55. The van der Waals surface area contributed by atoms with Crippen LogP contribution in [0.3, 0.4) is 0 Å². The number of benzene rings is 1. The second-order valence-corrected chi connectivity index (χ2v) is 5.64. The summed E-state index contributed by atoms with van der Waals surface area (Å²) in [4.78, 5) is 16.7. The zero-order valence-corrected chi connectivity index (χ0v) is 12.9. The molecule has 0 bridgehead atoms. The third kappa shape index (κ3) is 2.47. The van der Waals surface area contributed by atoms with Crippen molar-refractivity contribution in [1.29, 1.82) is 0 Å². The Morgan fingerprint density at radius 1 is 1.30 bits per heavy atom. The molecule has 1 amide bonds. The molecule has 0 saturated carbocycles. The molecule has 0 unspecified atom stereocenters. The second-order valence-electron chi connectivity index (χ2n) is 5.24. The van der Waals surface area contributed by atoms with Gasteiger partial charge in [-0.15, -0.1) is 0 Å². The molecule has 116 valence electrons. The molecule has 0 spiro atoms.